The van der Waals surface area contributed by atoms with Crippen LogP contribution >= 0.6 is 11.6 Å². The Bertz CT molecular complexity index is 325. The zero-order valence-electron chi connectivity index (χ0n) is 9.07. The van der Waals surface area contributed by atoms with Gasteiger partial charge >= 0.3 is 0 Å². The molecule has 0 spiro atoms. The minimum Gasteiger partial charge on any atom is -0.390 e. The number of hydrogen-bond donors (Lipinski definition) is 2. The molecule has 0 radical (unpaired) electrons. The van der Waals surface area contributed by atoms with Crippen LogP contribution in [0.4, 0.5) is 0 Å². The van der Waals surface area contributed by atoms with E-state index in [0.29, 0.717) is 12.8 Å². The number of rotatable bonds is 4. The van der Waals surface area contributed by atoms with Crippen molar-refractivity contribution in [1.29, 1.82) is 0 Å². The van der Waals surface area contributed by atoms with Crippen molar-refractivity contribution in [1.82, 2.24) is 0 Å². The van der Waals surface area contributed by atoms with E-state index in [2.05, 4.69) is 0 Å². The van der Waals surface area contributed by atoms with E-state index in [0.717, 1.165) is 16.1 Å². The van der Waals surface area contributed by atoms with E-state index in [1.165, 1.54) is 0 Å². The monoisotopic (exact) mass is 228 g/mol. The van der Waals surface area contributed by atoms with Gasteiger partial charge in [-0.05, 0) is 30.5 Å². The molecule has 3 heteroatoms. The summed E-state index contributed by atoms with van der Waals surface area (Å²) in [6, 6.07) is 5.63. The van der Waals surface area contributed by atoms with E-state index in [-0.39, 0.29) is 0 Å². The van der Waals surface area contributed by atoms with Crippen molar-refractivity contribution in [2.24, 2.45) is 0 Å². The van der Waals surface area contributed by atoms with Gasteiger partial charge in [0.25, 0.3) is 0 Å². The lowest BCUT2D eigenvalue weighted by molar-refractivity contribution is 0.0181. The predicted molar refractivity (Wildman–Crippen MR) is 62.2 cm³/mol. The number of benzene rings is 1. The second kappa shape index (κ2) is 5.50. The molecular formula is C12H17ClO2. The van der Waals surface area contributed by atoms with Crippen LogP contribution in [0.2, 0.25) is 5.02 Å². The van der Waals surface area contributed by atoms with E-state index in [4.69, 9.17) is 11.6 Å². The fourth-order valence-corrected chi connectivity index (χ4v) is 1.60. The van der Waals surface area contributed by atoms with Gasteiger partial charge in [-0.15, -0.1) is 0 Å². The number of aliphatic hydroxyl groups excluding tert-OH is 2. The Labute approximate surface area is 95.5 Å². The highest BCUT2D eigenvalue weighted by Crippen LogP contribution is 2.18. The van der Waals surface area contributed by atoms with E-state index < -0.39 is 12.2 Å². The van der Waals surface area contributed by atoms with E-state index >= 15 is 0 Å². The van der Waals surface area contributed by atoms with Crippen LogP contribution in [0, 0.1) is 6.92 Å². The topological polar surface area (TPSA) is 40.5 Å². The van der Waals surface area contributed by atoms with Crippen LogP contribution in [0.1, 0.15) is 24.5 Å². The summed E-state index contributed by atoms with van der Waals surface area (Å²) in [6.07, 6.45) is -0.322. The molecular weight excluding hydrogens is 212 g/mol. The summed E-state index contributed by atoms with van der Waals surface area (Å²) < 4.78 is 0. The van der Waals surface area contributed by atoms with Gasteiger partial charge in [-0.2, -0.15) is 0 Å². The van der Waals surface area contributed by atoms with Crippen LogP contribution < -0.4 is 0 Å². The van der Waals surface area contributed by atoms with Crippen LogP contribution in [0.25, 0.3) is 0 Å². The average molecular weight is 229 g/mol. The summed E-state index contributed by atoms with van der Waals surface area (Å²) in [5.41, 5.74) is 1.99. The molecule has 0 aliphatic heterocycles. The smallest absolute Gasteiger partial charge is 0.0839 e. The van der Waals surface area contributed by atoms with Crippen molar-refractivity contribution in [3.8, 4) is 0 Å². The third kappa shape index (κ3) is 3.49. The predicted octanol–water partition coefficient (Wildman–Crippen LogP) is 2.32. The number of hydrogen-bond acceptors (Lipinski definition) is 2. The highest BCUT2D eigenvalue weighted by atomic mass is 35.5. The van der Waals surface area contributed by atoms with E-state index in [1.807, 2.05) is 32.0 Å². The van der Waals surface area contributed by atoms with Crippen molar-refractivity contribution < 1.29 is 10.2 Å². The lowest BCUT2D eigenvalue weighted by Gasteiger charge is -2.16. The summed E-state index contributed by atoms with van der Waals surface area (Å²) in [5, 5.41) is 19.8. The molecule has 2 unspecified atom stereocenters. The molecule has 0 saturated carbocycles. The first kappa shape index (κ1) is 12.5. The molecule has 0 amide bonds. The number of aliphatic hydroxyl groups is 2. The maximum atomic E-state index is 9.65. The molecule has 0 saturated heterocycles. The maximum Gasteiger partial charge on any atom is 0.0839 e. The molecule has 15 heavy (non-hydrogen) atoms. The summed E-state index contributed by atoms with van der Waals surface area (Å²) >= 11 is 5.90. The summed E-state index contributed by atoms with van der Waals surface area (Å²) in [5.74, 6) is 0. The molecule has 2 N–H and O–H groups in total. The van der Waals surface area contributed by atoms with Crippen molar-refractivity contribution >= 4 is 11.6 Å². The lowest BCUT2D eigenvalue weighted by Crippen LogP contribution is -2.27. The Hall–Kier alpha value is -0.570. The molecule has 84 valence electrons. The quantitative estimate of drug-likeness (QED) is 0.831. The van der Waals surface area contributed by atoms with Crippen LogP contribution in [0.3, 0.4) is 0 Å². The third-order valence-electron chi connectivity index (χ3n) is 2.53. The standard InChI is InChI=1S/C12H17ClO2/c1-3-11(14)12(15)7-9-4-5-10(13)8(2)6-9/h4-6,11-12,14-15H,3,7H2,1-2H3. The highest BCUT2D eigenvalue weighted by molar-refractivity contribution is 6.31. The maximum absolute atomic E-state index is 9.65. The van der Waals surface area contributed by atoms with Crippen LogP contribution in [0.15, 0.2) is 18.2 Å². The second-order valence-electron chi connectivity index (χ2n) is 3.83. The lowest BCUT2D eigenvalue weighted by atomic mass is 10.0. The van der Waals surface area contributed by atoms with Crippen molar-refractivity contribution in [2.45, 2.75) is 38.9 Å². The number of aryl methyl sites for hydroxylation is 1. The zero-order chi connectivity index (χ0) is 11.4. The Morgan fingerprint density at radius 3 is 2.47 bits per heavy atom. The fourth-order valence-electron chi connectivity index (χ4n) is 1.48. The summed E-state index contributed by atoms with van der Waals surface area (Å²) in [6.45, 7) is 3.77. The van der Waals surface area contributed by atoms with Crippen molar-refractivity contribution in [3.05, 3.63) is 34.3 Å². The minimum atomic E-state index is -0.699. The normalized spacial score (nSPS) is 15.0. The van der Waals surface area contributed by atoms with Gasteiger partial charge < -0.3 is 10.2 Å². The molecule has 0 fully saturated rings. The molecule has 0 aliphatic carbocycles. The molecule has 0 bridgehead atoms. The fraction of sp³-hybridized carbons (Fsp3) is 0.500. The van der Waals surface area contributed by atoms with E-state index in [9.17, 15) is 10.2 Å². The summed E-state index contributed by atoms with van der Waals surface area (Å²) in [7, 11) is 0. The largest absolute Gasteiger partial charge is 0.390 e. The Kier molecular flexibility index (Phi) is 4.58. The molecule has 2 atom stereocenters. The molecule has 2 nitrogen and oxygen atoms in total. The van der Waals surface area contributed by atoms with Crippen molar-refractivity contribution in [2.75, 3.05) is 0 Å². The Morgan fingerprint density at radius 2 is 1.93 bits per heavy atom. The van der Waals surface area contributed by atoms with Gasteiger partial charge in [-0.25, -0.2) is 0 Å². The summed E-state index contributed by atoms with van der Waals surface area (Å²) in [4.78, 5) is 0. The first-order valence-corrected chi connectivity index (χ1v) is 5.53. The molecule has 1 rings (SSSR count). The average Bonchev–Trinajstić information content (AvgIpc) is 2.22. The molecule has 1 aromatic carbocycles. The van der Waals surface area contributed by atoms with Gasteiger partial charge in [0, 0.05) is 11.4 Å². The highest BCUT2D eigenvalue weighted by Gasteiger charge is 2.14. The van der Waals surface area contributed by atoms with Gasteiger partial charge in [0.2, 0.25) is 0 Å². The molecule has 0 heterocycles. The minimum absolute atomic E-state index is 0.465. The van der Waals surface area contributed by atoms with E-state index in [1.54, 1.807) is 0 Å². The number of halogens is 1. The van der Waals surface area contributed by atoms with Crippen LogP contribution in [0.5, 0.6) is 0 Å². The van der Waals surface area contributed by atoms with Gasteiger partial charge in [0.1, 0.15) is 0 Å². The van der Waals surface area contributed by atoms with Crippen LogP contribution in [-0.4, -0.2) is 22.4 Å². The molecule has 0 aromatic heterocycles. The first-order valence-electron chi connectivity index (χ1n) is 5.15. The van der Waals surface area contributed by atoms with Crippen molar-refractivity contribution in [3.63, 3.8) is 0 Å². The van der Waals surface area contributed by atoms with Crippen LogP contribution in [-0.2, 0) is 6.42 Å². The zero-order valence-corrected chi connectivity index (χ0v) is 9.83. The van der Waals surface area contributed by atoms with Gasteiger partial charge in [-0.1, -0.05) is 30.7 Å². The Morgan fingerprint density at radius 1 is 1.27 bits per heavy atom. The second-order valence-corrected chi connectivity index (χ2v) is 4.24. The molecule has 1 aromatic rings. The molecule has 0 aliphatic rings. The SMILES string of the molecule is CCC(O)C(O)Cc1ccc(Cl)c(C)c1. The Balaban J connectivity index is 2.68. The van der Waals surface area contributed by atoms with Gasteiger partial charge in [0.05, 0.1) is 12.2 Å². The van der Waals surface area contributed by atoms with Gasteiger partial charge in [0.15, 0.2) is 0 Å². The third-order valence-corrected chi connectivity index (χ3v) is 2.95. The first-order chi connectivity index (χ1) is 7.04. The van der Waals surface area contributed by atoms with Gasteiger partial charge in [-0.3, -0.25) is 0 Å².